The van der Waals surface area contributed by atoms with Gasteiger partial charge >= 0.3 is 5.97 Å². The van der Waals surface area contributed by atoms with Crippen LogP contribution in [0.15, 0.2) is 10.5 Å². The van der Waals surface area contributed by atoms with Crippen LogP contribution >= 0.6 is 11.8 Å². The summed E-state index contributed by atoms with van der Waals surface area (Å²) in [5.41, 5.74) is 0.0919. The number of furan rings is 1. The average molecular weight is 297 g/mol. The van der Waals surface area contributed by atoms with E-state index in [1.165, 1.54) is 6.07 Å². The molecule has 1 fully saturated rings. The SMILES string of the molecule is CCc1oc(C(=O)N2CCSC(CC)C2)cc1C(=O)O. The topological polar surface area (TPSA) is 70.8 Å². The third-order valence-corrected chi connectivity index (χ3v) is 4.82. The van der Waals surface area contributed by atoms with Crippen molar-refractivity contribution in [3.63, 3.8) is 0 Å². The first-order chi connectivity index (χ1) is 9.56. The summed E-state index contributed by atoms with van der Waals surface area (Å²) in [6, 6.07) is 1.35. The number of carboxylic acids is 1. The van der Waals surface area contributed by atoms with E-state index in [0.717, 1.165) is 12.2 Å². The van der Waals surface area contributed by atoms with Gasteiger partial charge < -0.3 is 14.4 Å². The number of amides is 1. The average Bonchev–Trinajstić information content (AvgIpc) is 2.91. The molecule has 0 saturated carbocycles. The molecule has 0 aliphatic carbocycles. The lowest BCUT2D eigenvalue weighted by Crippen LogP contribution is -2.41. The Bertz CT molecular complexity index is 511. The van der Waals surface area contributed by atoms with Gasteiger partial charge in [-0.05, 0) is 6.42 Å². The highest BCUT2D eigenvalue weighted by molar-refractivity contribution is 8.00. The zero-order valence-electron chi connectivity index (χ0n) is 11.7. The molecule has 1 N–H and O–H groups in total. The van der Waals surface area contributed by atoms with Crippen molar-refractivity contribution in [3.8, 4) is 0 Å². The van der Waals surface area contributed by atoms with Crippen molar-refractivity contribution in [1.82, 2.24) is 4.90 Å². The third kappa shape index (κ3) is 3.00. The van der Waals surface area contributed by atoms with Gasteiger partial charge in [0.1, 0.15) is 11.3 Å². The summed E-state index contributed by atoms with van der Waals surface area (Å²) in [4.78, 5) is 25.3. The minimum Gasteiger partial charge on any atom is -0.478 e. The van der Waals surface area contributed by atoms with Gasteiger partial charge in [0.05, 0.1) is 0 Å². The fraction of sp³-hybridized carbons (Fsp3) is 0.571. The van der Waals surface area contributed by atoms with E-state index in [9.17, 15) is 9.59 Å². The molecule has 1 aromatic rings. The van der Waals surface area contributed by atoms with Crippen molar-refractivity contribution in [2.45, 2.75) is 31.9 Å². The summed E-state index contributed by atoms with van der Waals surface area (Å²) in [6.45, 7) is 5.30. The number of carboxylic acid groups (broad SMARTS) is 1. The van der Waals surface area contributed by atoms with Crippen molar-refractivity contribution in [2.24, 2.45) is 0 Å². The maximum absolute atomic E-state index is 12.4. The largest absolute Gasteiger partial charge is 0.478 e. The normalized spacial score (nSPS) is 19.1. The van der Waals surface area contributed by atoms with Crippen LogP contribution < -0.4 is 0 Å². The van der Waals surface area contributed by atoms with E-state index in [1.807, 2.05) is 18.7 Å². The molecule has 1 unspecified atom stereocenters. The predicted octanol–water partition coefficient (Wildman–Crippen LogP) is 2.51. The number of nitrogens with zero attached hydrogens (tertiary/aromatic N) is 1. The van der Waals surface area contributed by atoms with E-state index in [-0.39, 0.29) is 17.2 Å². The Balaban J connectivity index is 2.18. The highest BCUT2D eigenvalue weighted by atomic mass is 32.2. The van der Waals surface area contributed by atoms with Crippen LogP contribution in [0.5, 0.6) is 0 Å². The van der Waals surface area contributed by atoms with Gasteiger partial charge in [0, 0.05) is 36.6 Å². The second-order valence-electron chi connectivity index (χ2n) is 4.76. The first kappa shape index (κ1) is 15.0. The van der Waals surface area contributed by atoms with Crippen molar-refractivity contribution in [1.29, 1.82) is 0 Å². The third-order valence-electron chi connectivity index (χ3n) is 3.45. The van der Waals surface area contributed by atoms with Crippen LogP contribution in [0.25, 0.3) is 0 Å². The molecule has 20 heavy (non-hydrogen) atoms. The van der Waals surface area contributed by atoms with Crippen LogP contribution in [-0.4, -0.2) is 46.0 Å². The standard InChI is InChI=1S/C14H19NO4S/c1-3-9-8-15(5-6-20-9)13(16)12-7-10(14(17)18)11(4-2)19-12/h7,9H,3-6,8H2,1-2H3,(H,17,18). The second-order valence-corrected chi connectivity index (χ2v) is 6.17. The summed E-state index contributed by atoms with van der Waals surface area (Å²) >= 11 is 1.88. The van der Waals surface area contributed by atoms with Gasteiger partial charge in [-0.25, -0.2) is 4.79 Å². The first-order valence-electron chi connectivity index (χ1n) is 6.83. The Labute approximate surface area is 122 Å². The molecule has 1 aromatic heterocycles. The summed E-state index contributed by atoms with van der Waals surface area (Å²) in [7, 11) is 0. The maximum atomic E-state index is 12.4. The fourth-order valence-electron chi connectivity index (χ4n) is 2.28. The Kier molecular flexibility index (Phi) is 4.75. The quantitative estimate of drug-likeness (QED) is 0.924. The second kappa shape index (κ2) is 6.35. The Morgan fingerprint density at radius 3 is 2.80 bits per heavy atom. The highest BCUT2D eigenvalue weighted by Gasteiger charge is 2.27. The molecule has 1 saturated heterocycles. The number of aryl methyl sites for hydroxylation is 1. The number of carbonyl (C=O) groups is 2. The lowest BCUT2D eigenvalue weighted by molar-refractivity contribution is 0.0691. The number of aromatic carboxylic acids is 1. The zero-order chi connectivity index (χ0) is 14.7. The molecule has 1 amide bonds. The smallest absolute Gasteiger partial charge is 0.339 e. The van der Waals surface area contributed by atoms with E-state index in [4.69, 9.17) is 9.52 Å². The van der Waals surface area contributed by atoms with Gasteiger partial charge in [-0.15, -0.1) is 0 Å². The molecule has 2 heterocycles. The molecule has 0 radical (unpaired) electrons. The molecule has 0 spiro atoms. The summed E-state index contributed by atoms with van der Waals surface area (Å²) in [6.07, 6.45) is 1.48. The molecule has 5 nitrogen and oxygen atoms in total. The van der Waals surface area contributed by atoms with Gasteiger partial charge in [-0.2, -0.15) is 11.8 Å². The Hall–Kier alpha value is -1.43. The molecular formula is C14H19NO4S. The molecule has 6 heteroatoms. The van der Waals surface area contributed by atoms with Crippen molar-refractivity contribution in [2.75, 3.05) is 18.8 Å². The molecule has 1 aliphatic rings. The number of hydrogen-bond donors (Lipinski definition) is 1. The monoisotopic (exact) mass is 297 g/mol. The number of rotatable bonds is 4. The number of hydrogen-bond acceptors (Lipinski definition) is 4. The Morgan fingerprint density at radius 1 is 1.50 bits per heavy atom. The van der Waals surface area contributed by atoms with Gasteiger partial charge in [-0.3, -0.25) is 4.79 Å². The molecule has 0 aromatic carbocycles. The van der Waals surface area contributed by atoms with Crippen molar-refractivity contribution >= 4 is 23.6 Å². The van der Waals surface area contributed by atoms with Crippen molar-refractivity contribution < 1.29 is 19.1 Å². The molecule has 1 atom stereocenters. The van der Waals surface area contributed by atoms with Crippen LogP contribution in [0.4, 0.5) is 0 Å². The summed E-state index contributed by atoms with van der Waals surface area (Å²) in [5, 5.41) is 9.55. The highest BCUT2D eigenvalue weighted by Crippen LogP contribution is 2.24. The van der Waals surface area contributed by atoms with Crippen LogP contribution in [0, 0.1) is 0 Å². The maximum Gasteiger partial charge on any atom is 0.339 e. The summed E-state index contributed by atoms with van der Waals surface area (Å²) in [5.74, 6) is 0.161. The molecular weight excluding hydrogens is 278 g/mol. The van der Waals surface area contributed by atoms with Crippen LogP contribution in [0.1, 0.15) is 46.9 Å². The van der Waals surface area contributed by atoms with E-state index in [2.05, 4.69) is 6.92 Å². The lowest BCUT2D eigenvalue weighted by atomic mass is 10.2. The van der Waals surface area contributed by atoms with Crippen LogP contribution in [0.2, 0.25) is 0 Å². The van der Waals surface area contributed by atoms with Crippen LogP contribution in [0.3, 0.4) is 0 Å². The van der Waals surface area contributed by atoms with Crippen molar-refractivity contribution in [3.05, 3.63) is 23.2 Å². The summed E-state index contributed by atoms with van der Waals surface area (Å²) < 4.78 is 5.43. The van der Waals surface area contributed by atoms with E-state index in [1.54, 1.807) is 4.90 Å². The lowest BCUT2D eigenvalue weighted by Gasteiger charge is -2.31. The number of thioether (sulfide) groups is 1. The minimum atomic E-state index is -1.05. The van der Waals surface area contributed by atoms with Crippen LogP contribution in [-0.2, 0) is 6.42 Å². The van der Waals surface area contributed by atoms with Gasteiger partial charge in [0.2, 0.25) is 0 Å². The van der Waals surface area contributed by atoms with Gasteiger partial charge in [0.25, 0.3) is 5.91 Å². The molecule has 2 rings (SSSR count). The predicted molar refractivity (Wildman–Crippen MR) is 77.5 cm³/mol. The first-order valence-corrected chi connectivity index (χ1v) is 7.88. The van der Waals surface area contributed by atoms with Gasteiger partial charge in [0.15, 0.2) is 5.76 Å². The minimum absolute atomic E-state index is 0.0919. The van der Waals surface area contributed by atoms with Gasteiger partial charge in [-0.1, -0.05) is 13.8 Å². The molecule has 1 aliphatic heterocycles. The Morgan fingerprint density at radius 2 is 2.25 bits per heavy atom. The molecule has 0 bridgehead atoms. The molecule has 110 valence electrons. The fourth-order valence-corrected chi connectivity index (χ4v) is 3.46. The van der Waals surface area contributed by atoms with E-state index < -0.39 is 5.97 Å². The zero-order valence-corrected chi connectivity index (χ0v) is 12.5. The number of carbonyl (C=O) groups excluding carboxylic acids is 1. The van der Waals surface area contributed by atoms with E-state index in [0.29, 0.717) is 30.5 Å². The van der Waals surface area contributed by atoms with E-state index >= 15 is 0 Å².